The van der Waals surface area contributed by atoms with Gasteiger partial charge in [0, 0.05) is 18.0 Å². The second-order valence-electron chi connectivity index (χ2n) is 5.40. The van der Waals surface area contributed by atoms with Crippen LogP contribution < -0.4 is 5.32 Å². The van der Waals surface area contributed by atoms with Crippen LogP contribution in [0.15, 0.2) is 12.1 Å². The first kappa shape index (κ1) is 16.1. The van der Waals surface area contributed by atoms with E-state index in [2.05, 4.69) is 5.32 Å². The number of thiophene rings is 1. The van der Waals surface area contributed by atoms with E-state index in [1.54, 1.807) is 11.9 Å². The highest BCUT2D eigenvalue weighted by Gasteiger charge is 2.27. The lowest BCUT2D eigenvalue weighted by molar-refractivity contribution is -0.142. The van der Waals surface area contributed by atoms with Crippen LogP contribution in [0.4, 0.5) is 4.79 Å². The lowest BCUT2D eigenvalue weighted by atomic mass is 9.86. The SMILES string of the molecule is CN(Cc1ccc(Cl)s1)C(=O)NC1CCC(C(=O)O)CC1. The Balaban J connectivity index is 1.77. The first-order valence-electron chi connectivity index (χ1n) is 6.94. The molecule has 0 radical (unpaired) electrons. The van der Waals surface area contributed by atoms with Crippen LogP contribution >= 0.6 is 22.9 Å². The maximum absolute atomic E-state index is 12.1. The topological polar surface area (TPSA) is 69.6 Å². The molecule has 1 aromatic rings. The summed E-state index contributed by atoms with van der Waals surface area (Å²) in [4.78, 5) is 25.7. The molecule has 2 rings (SSSR count). The van der Waals surface area contributed by atoms with Crippen LogP contribution in [0, 0.1) is 5.92 Å². The fourth-order valence-corrected chi connectivity index (χ4v) is 3.65. The molecule has 2 amide bonds. The van der Waals surface area contributed by atoms with Crippen molar-refractivity contribution < 1.29 is 14.7 Å². The molecule has 5 nitrogen and oxygen atoms in total. The van der Waals surface area contributed by atoms with Gasteiger partial charge in [-0.3, -0.25) is 4.79 Å². The van der Waals surface area contributed by atoms with Gasteiger partial charge in [0.25, 0.3) is 0 Å². The summed E-state index contributed by atoms with van der Waals surface area (Å²) in [7, 11) is 1.74. The molecule has 0 bridgehead atoms. The van der Waals surface area contributed by atoms with Gasteiger partial charge in [0.1, 0.15) is 0 Å². The average Bonchev–Trinajstić information content (AvgIpc) is 2.84. The fourth-order valence-electron chi connectivity index (χ4n) is 2.51. The number of carboxylic acid groups (broad SMARTS) is 1. The fraction of sp³-hybridized carbons (Fsp3) is 0.571. The van der Waals surface area contributed by atoms with Gasteiger partial charge in [-0.05, 0) is 37.8 Å². The van der Waals surface area contributed by atoms with E-state index in [0.29, 0.717) is 23.7 Å². The predicted octanol–water partition coefficient (Wildman–Crippen LogP) is 3.19. The van der Waals surface area contributed by atoms with E-state index in [9.17, 15) is 9.59 Å². The maximum atomic E-state index is 12.1. The number of rotatable bonds is 4. The van der Waals surface area contributed by atoms with Gasteiger partial charge in [-0.25, -0.2) is 4.79 Å². The summed E-state index contributed by atoms with van der Waals surface area (Å²) < 4.78 is 0.714. The molecule has 116 valence electrons. The first-order valence-corrected chi connectivity index (χ1v) is 8.14. The van der Waals surface area contributed by atoms with Crippen molar-refractivity contribution in [3.8, 4) is 0 Å². The third kappa shape index (κ3) is 4.61. The van der Waals surface area contributed by atoms with E-state index in [1.165, 1.54) is 11.3 Å². The Morgan fingerprint density at radius 2 is 2.05 bits per heavy atom. The third-order valence-corrected chi connectivity index (χ3v) is 4.99. The minimum atomic E-state index is -0.730. The van der Waals surface area contributed by atoms with Crippen molar-refractivity contribution >= 4 is 34.9 Å². The van der Waals surface area contributed by atoms with Crippen molar-refractivity contribution in [2.24, 2.45) is 5.92 Å². The van der Waals surface area contributed by atoms with Crippen molar-refractivity contribution in [1.29, 1.82) is 0 Å². The number of halogens is 1. The van der Waals surface area contributed by atoms with Crippen molar-refractivity contribution in [1.82, 2.24) is 10.2 Å². The van der Waals surface area contributed by atoms with Crippen LogP contribution in [0.2, 0.25) is 4.34 Å². The first-order chi connectivity index (χ1) is 9.95. The van der Waals surface area contributed by atoms with Crippen LogP contribution in [-0.4, -0.2) is 35.1 Å². The molecule has 7 heteroatoms. The lowest BCUT2D eigenvalue weighted by Gasteiger charge is -2.28. The number of amides is 2. The molecule has 1 saturated carbocycles. The summed E-state index contributed by atoms with van der Waals surface area (Å²) in [6.07, 6.45) is 2.71. The Kier molecular flexibility index (Phi) is 5.47. The van der Waals surface area contributed by atoms with Crippen molar-refractivity contribution in [3.63, 3.8) is 0 Å². The number of urea groups is 1. The number of aliphatic carboxylic acids is 1. The maximum Gasteiger partial charge on any atom is 0.317 e. The lowest BCUT2D eigenvalue weighted by Crippen LogP contribution is -2.44. The van der Waals surface area contributed by atoms with Gasteiger partial charge in [-0.2, -0.15) is 0 Å². The molecule has 1 heterocycles. The Hall–Kier alpha value is -1.27. The van der Waals surface area contributed by atoms with Crippen LogP contribution in [0.5, 0.6) is 0 Å². The zero-order chi connectivity index (χ0) is 15.4. The standard InChI is InChI=1S/C14H19ClN2O3S/c1-17(8-11-6-7-12(15)21-11)14(20)16-10-4-2-9(3-5-10)13(18)19/h6-7,9-10H,2-5,8H2,1H3,(H,16,20)(H,18,19). The third-order valence-electron chi connectivity index (χ3n) is 3.77. The number of nitrogens with zero attached hydrogens (tertiary/aromatic N) is 1. The minimum Gasteiger partial charge on any atom is -0.481 e. The van der Waals surface area contributed by atoms with Gasteiger partial charge < -0.3 is 15.3 Å². The average molecular weight is 331 g/mol. The van der Waals surface area contributed by atoms with Gasteiger partial charge in [-0.1, -0.05) is 11.6 Å². The van der Waals surface area contributed by atoms with Gasteiger partial charge in [0.2, 0.25) is 0 Å². The Morgan fingerprint density at radius 1 is 1.38 bits per heavy atom. The van der Waals surface area contributed by atoms with Gasteiger partial charge in [-0.15, -0.1) is 11.3 Å². The van der Waals surface area contributed by atoms with Crippen molar-refractivity contribution in [2.75, 3.05) is 7.05 Å². The second kappa shape index (κ2) is 7.13. The van der Waals surface area contributed by atoms with Crippen LogP contribution in [-0.2, 0) is 11.3 Å². The Labute approximate surface area is 132 Å². The number of carbonyl (C=O) groups excluding carboxylic acids is 1. The molecule has 0 atom stereocenters. The zero-order valence-corrected chi connectivity index (χ0v) is 13.4. The zero-order valence-electron chi connectivity index (χ0n) is 11.8. The van der Waals surface area contributed by atoms with Gasteiger partial charge in [0.05, 0.1) is 16.8 Å². The number of nitrogens with one attached hydrogen (secondary N) is 1. The van der Waals surface area contributed by atoms with Crippen LogP contribution in [0.1, 0.15) is 30.6 Å². The van der Waals surface area contributed by atoms with Crippen molar-refractivity contribution in [3.05, 3.63) is 21.3 Å². The van der Waals surface area contributed by atoms with E-state index in [-0.39, 0.29) is 18.0 Å². The molecule has 2 N–H and O–H groups in total. The molecule has 1 fully saturated rings. The molecule has 0 aromatic carbocycles. The number of carbonyl (C=O) groups is 2. The van der Waals surface area contributed by atoms with Crippen LogP contribution in [0.25, 0.3) is 0 Å². The Bertz CT molecular complexity index is 512. The summed E-state index contributed by atoms with van der Waals surface area (Å²) in [6, 6.07) is 3.68. The molecule has 1 aliphatic carbocycles. The highest BCUT2D eigenvalue weighted by molar-refractivity contribution is 7.16. The number of carboxylic acids is 1. The smallest absolute Gasteiger partial charge is 0.317 e. The molecular formula is C14H19ClN2O3S. The van der Waals surface area contributed by atoms with Crippen LogP contribution in [0.3, 0.4) is 0 Å². The normalized spacial score (nSPS) is 21.8. The molecular weight excluding hydrogens is 312 g/mol. The summed E-state index contributed by atoms with van der Waals surface area (Å²) in [6.45, 7) is 0.522. The molecule has 1 aliphatic rings. The van der Waals surface area contributed by atoms with E-state index in [1.807, 2.05) is 12.1 Å². The van der Waals surface area contributed by atoms with E-state index >= 15 is 0 Å². The van der Waals surface area contributed by atoms with E-state index in [0.717, 1.165) is 17.7 Å². The number of hydrogen-bond donors (Lipinski definition) is 2. The monoisotopic (exact) mass is 330 g/mol. The largest absolute Gasteiger partial charge is 0.481 e. The van der Waals surface area contributed by atoms with E-state index < -0.39 is 5.97 Å². The second-order valence-corrected chi connectivity index (χ2v) is 7.20. The summed E-state index contributed by atoms with van der Waals surface area (Å²) >= 11 is 7.33. The summed E-state index contributed by atoms with van der Waals surface area (Å²) in [5.74, 6) is -0.990. The molecule has 0 saturated heterocycles. The number of hydrogen-bond acceptors (Lipinski definition) is 3. The predicted molar refractivity (Wildman–Crippen MR) is 82.7 cm³/mol. The van der Waals surface area contributed by atoms with Crippen molar-refractivity contribution in [2.45, 2.75) is 38.3 Å². The van der Waals surface area contributed by atoms with Gasteiger partial charge in [0.15, 0.2) is 0 Å². The molecule has 21 heavy (non-hydrogen) atoms. The molecule has 1 aromatic heterocycles. The molecule has 0 spiro atoms. The quantitative estimate of drug-likeness (QED) is 0.890. The molecule has 0 unspecified atom stereocenters. The molecule has 0 aliphatic heterocycles. The Morgan fingerprint density at radius 3 is 2.57 bits per heavy atom. The highest BCUT2D eigenvalue weighted by atomic mass is 35.5. The minimum absolute atomic E-state index is 0.0717. The summed E-state index contributed by atoms with van der Waals surface area (Å²) in [5.41, 5.74) is 0. The summed E-state index contributed by atoms with van der Waals surface area (Å²) in [5, 5.41) is 11.9. The van der Waals surface area contributed by atoms with Gasteiger partial charge >= 0.3 is 12.0 Å². The highest BCUT2D eigenvalue weighted by Crippen LogP contribution is 2.25. The van der Waals surface area contributed by atoms with E-state index in [4.69, 9.17) is 16.7 Å².